The number of nitrogen functional groups attached to an aromatic ring is 1. The summed E-state index contributed by atoms with van der Waals surface area (Å²) in [6.07, 6.45) is 0.974. The number of benzene rings is 1. The molecule has 3 heteroatoms. The van der Waals surface area contributed by atoms with Gasteiger partial charge < -0.3 is 5.73 Å². The van der Waals surface area contributed by atoms with Crippen LogP contribution in [-0.2, 0) is 6.42 Å². The van der Waals surface area contributed by atoms with Gasteiger partial charge >= 0.3 is 0 Å². The van der Waals surface area contributed by atoms with Crippen LogP contribution in [0.2, 0.25) is 0 Å². The maximum Gasteiger partial charge on any atom is 0.142 e. The lowest BCUT2D eigenvalue weighted by Gasteiger charge is -2.03. The quantitative estimate of drug-likeness (QED) is 0.762. The van der Waals surface area contributed by atoms with E-state index in [1.807, 2.05) is 24.3 Å². The first-order chi connectivity index (χ1) is 7.24. The Kier molecular flexibility index (Phi) is 2.26. The molecular formula is C12H11N3. The van der Waals surface area contributed by atoms with Crippen molar-refractivity contribution in [2.45, 2.75) is 13.3 Å². The number of rotatable bonds is 1. The molecule has 1 aromatic carbocycles. The Balaban J connectivity index is 2.72. The zero-order chi connectivity index (χ0) is 10.8. The van der Waals surface area contributed by atoms with E-state index >= 15 is 0 Å². The van der Waals surface area contributed by atoms with Gasteiger partial charge in [0.25, 0.3) is 0 Å². The number of anilines is 1. The van der Waals surface area contributed by atoms with Gasteiger partial charge in [-0.15, -0.1) is 0 Å². The largest absolute Gasteiger partial charge is 0.383 e. The van der Waals surface area contributed by atoms with Crippen molar-refractivity contribution in [3.05, 3.63) is 35.4 Å². The summed E-state index contributed by atoms with van der Waals surface area (Å²) in [5, 5.41) is 9.81. The van der Waals surface area contributed by atoms with Gasteiger partial charge in [-0.3, -0.25) is 0 Å². The second-order valence-electron chi connectivity index (χ2n) is 3.41. The molecule has 3 nitrogen and oxygen atoms in total. The van der Waals surface area contributed by atoms with Gasteiger partial charge in [0, 0.05) is 5.39 Å². The predicted molar refractivity (Wildman–Crippen MR) is 60.2 cm³/mol. The van der Waals surface area contributed by atoms with Gasteiger partial charge in [0.15, 0.2) is 0 Å². The Hall–Kier alpha value is -2.08. The highest BCUT2D eigenvalue weighted by atomic mass is 14.8. The summed E-state index contributed by atoms with van der Waals surface area (Å²) in [6, 6.07) is 9.83. The Morgan fingerprint density at radius 2 is 2.20 bits per heavy atom. The van der Waals surface area contributed by atoms with Crippen LogP contribution in [-0.4, -0.2) is 4.98 Å². The third-order valence-electron chi connectivity index (χ3n) is 2.44. The van der Waals surface area contributed by atoms with Crippen molar-refractivity contribution in [1.29, 1.82) is 5.26 Å². The summed E-state index contributed by atoms with van der Waals surface area (Å²) in [5.74, 6) is 0.300. The zero-order valence-electron chi connectivity index (χ0n) is 8.49. The molecule has 15 heavy (non-hydrogen) atoms. The Morgan fingerprint density at radius 1 is 1.40 bits per heavy atom. The van der Waals surface area contributed by atoms with Crippen LogP contribution in [0.3, 0.4) is 0 Å². The second kappa shape index (κ2) is 3.58. The van der Waals surface area contributed by atoms with Gasteiger partial charge in [-0.05, 0) is 30.2 Å². The predicted octanol–water partition coefficient (Wildman–Crippen LogP) is 2.25. The molecule has 2 rings (SSSR count). The molecule has 0 radical (unpaired) electrons. The van der Waals surface area contributed by atoms with Crippen LogP contribution in [0.1, 0.15) is 18.1 Å². The number of aryl methyl sites for hydroxylation is 1. The molecule has 0 fully saturated rings. The van der Waals surface area contributed by atoms with Crippen molar-refractivity contribution < 1.29 is 0 Å². The second-order valence-corrected chi connectivity index (χ2v) is 3.41. The number of nitrogens with two attached hydrogens (primary N) is 1. The van der Waals surface area contributed by atoms with E-state index in [1.165, 1.54) is 5.56 Å². The van der Waals surface area contributed by atoms with Crippen molar-refractivity contribution in [3.8, 4) is 6.07 Å². The highest BCUT2D eigenvalue weighted by Gasteiger charge is 2.03. The van der Waals surface area contributed by atoms with Crippen molar-refractivity contribution in [3.63, 3.8) is 0 Å². The smallest absolute Gasteiger partial charge is 0.142 e. The molecule has 0 saturated heterocycles. The summed E-state index contributed by atoms with van der Waals surface area (Å²) in [5.41, 5.74) is 8.15. The molecule has 1 heterocycles. The highest BCUT2D eigenvalue weighted by Crippen LogP contribution is 2.19. The van der Waals surface area contributed by atoms with E-state index in [9.17, 15) is 0 Å². The number of fused-ring (bicyclic) bond motifs is 1. The van der Waals surface area contributed by atoms with Crippen molar-refractivity contribution >= 4 is 16.7 Å². The minimum absolute atomic E-state index is 0.300. The maximum atomic E-state index is 8.83. The molecule has 1 aromatic heterocycles. The van der Waals surface area contributed by atoms with Gasteiger partial charge in [0.2, 0.25) is 0 Å². The van der Waals surface area contributed by atoms with Crippen LogP contribution in [0.5, 0.6) is 0 Å². The molecule has 0 atom stereocenters. The number of nitrogens with zero attached hydrogens (tertiary/aromatic N) is 2. The van der Waals surface area contributed by atoms with Gasteiger partial charge in [0.05, 0.1) is 11.1 Å². The van der Waals surface area contributed by atoms with Crippen molar-refractivity contribution in [2.75, 3.05) is 5.73 Å². The number of aromatic nitrogens is 1. The standard InChI is InChI=1S/C12H11N3/c1-2-8-3-4-11-9(5-8)6-10(7-13)12(14)15-11/h3-6H,2H2,1H3,(H2,14,15). The monoisotopic (exact) mass is 197 g/mol. The van der Waals surface area contributed by atoms with E-state index in [0.717, 1.165) is 17.3 Å². The molecule has 2 aromatic rings. The van der Waals surface area contributed by atoms with E-state index in [-0.39, 0.29) is 0 Å². The Bertz CT molecular complexity index is 553. The van der Waals surface area contributed by atoms with E-state index in [0.29, 0.717) is 11.4 Å². The normalized spacial score (nSPS) is 10.1. The van der Waals surface area contributed by atoms with E-state index in [2.05, 4.69) is 11.9 Å². The lowest BCUT2D eigenvalue weighted by atomic mass is 10.1. The highest BCUT2D eigenvalue weighted by molar-refractivity contribution is 5.83. The van der Waals surface area contributed by atoms with E-state index in [4.69, 9.17) is 11.0 Å². The number of pyridine rings is 1. The molecule has 0 bridgehead atoms. The molecule has 0 aliphatic heterocycles. The summed E-state index contributed by atoms with van der Waals surface area (Å²) >= 11 is 0. The fraction of sp³-hybridized carbons (Fsp3) is 0.167. The fourth-order valence-electron chi connectivity index (χ4n) is 1.55. The molecular weight excluding hydrogens is 186 g/mol. The van der Waals surface area contributed by atoms with Crippen LogP contribution in [0.4, 0.5) is 5.82 Å². The molecule has 74 valence electrons. The Morgan fingerprint density at radius 3 is 2.87 bits per heavy atom. The summed E-state index contributed by atoms with van der Waals surface area (Å²) in [4.78, 5) is 4.18. The molecule has 0 aliphatic carbocycles. The van der Waals surface area contributed by atoms with Crippen LogP contribution in [0.15, 0.2) is 24.3 Å². The van der Waals surface area contributed by atoms with Gasteiger partial charge in [-0.25, -0.2) is 4.98 Å². The van der Waals surface area contributed by atoms with E-state index in [1.54, 1.807) is 6.07 Å². The SMILES string of the molecule is CCc1ccc2nc(N)c(C#N)cc2c1. The number of hydrogen-bond acceptors (Lipinski definition) is 3. The average molecular weight is 197 g/mol. The van der Waals surface area contributed by atoms with E-state index < -0.39 is 0 Å². The zero-order valence-corrected chi connectivity index (χ0v) is 8.49. The first kappa shape index (κ1) is 9.47. The molecule has 0 unspecified atom stereocenters. The van der Waals surface area contributed by atoms with Crippen LogP contribution >= 0.6 is 0 Å². The minimum atomic E-state index is 0.300. The van der Waals surface area contributed by atoms with Crippen molar-refractivity contribution in [2.24, 2.45) is 0 Å². The average Bonchev–Trinajstić information content (AvgIpc) is 2.27. The summed E-state index contributed by atoms with van der Waals surface area (Å²) in [7, 11) is 0. The van der Waals surface area contributed by atoms with Crippen LogP contribution in [0.25, 0.3) is 10.9 Å². The number of nitriles is 1. The van der Waals surface area contributed by atoms with Gasteiger partial charge in [-0.1, -0.05) is 13.0 Å². The maximum absolute atomic E-state index is 8.83. The molecule has 0 aliphatic rings. The third kappa shape index (κ3) is 1.62. The van der Waals surface area contributed by atoms with Crippen LogP contribution < -0.4 is 5.73 Å². The summed E-state index contributed by atoms with van der Waals surface area (Å²) in [6.45, 7) is 2.09. The molecule has 0 saturated carbocycles. The lowest BCUT2D eigenvalue weighted by molar-refractivity contribution is 1.14. The fourth-order valence-corrected chi connectivity index (χ4v) is 1.55. The third-order valence-corrected chi connectivity index (χ3v) is 2.44. The summed E-state index contributed by atoms with van der Waals surface area (Å²) < 4.78 is 0. The molecule has 0 spiro atoms. The molecule has 2 N–H and O–H groups in total. The van der Waals surface area contributed by atoms with Crippen molar-refractivity contribution in [1.82, 2.24) is 4.98 Å². The first-order valence-corrected chi connectivity index (χ1v) is 4.84. The van der Waals surface area contributed by atoms with Crippen LogP contribution in [0, 0.1) is 11.3 Å². The topological polar surface area (TPSA) is 62.7 Å². The minimum Gasteiger partial charge on any atom is -0.383 e. The van der Waals surface area contributed by atoms with Gasteiger partial charge in [-0.2, -0.15) is 5.26 Å². The Labute approximate surface area is 88.2 Å². The first-order valence-electron chi connectivity index (χ1n) is 4.84. The number of hydrogen-bond donors (Lipinski definition) is 1. The molecule has 0 amide bonds. The van der Waals surface area contributed by atoms with Gasteiger partial charge in [0.1, 0.15) is 11.9 Å². The lowest BCUT2D eigenvalue weighted by Crippen LogP contribution is -1.95.